The second-order valence-corrected chi connectivity index (χ2v) is 3.93. The number of hydrogen-bond donors (Lipinski definition) is 0. The Morgan fingerprint density at radius 1 is 1.36 bits per heavy atom. The molecule has 0 radical (unpaired) electrons. The summed E-state index contributed by atoms with van der Waals surface area (Å²) in [6, 6.07) is 0.377. The summed E-state index contributed by atoms with van der Waals surface area (Å²) < 4.78 is 5.00. The second kappa shape index (κ2) is 4.11. The molecular weight excluding hydrogens is 178 g/mol. The second-order valence-electron chi connectivity index (χ2n) is 3.93. The molecule has 0 bridgehead atoms. The zero-order valence-electron chi connectivity index (χ0n) is 8.81. The fraction of sp³-hybridized carbons (Fsp3) is 0.700. The lowest BCUT2D eigenvalue weighted by Crippen LogP contribution is -2.45. The van der Waals surface area contributed by atoms with E-state index in [2.05, 4.69) is 28.8 Å². The van der Waals surface area contributed by atoms with Gasteiger partial charge in [-0.15, -0.1) is 0 Å². The van der Waals surface area contributed by atoms with Crippen molar-refractivity contribution in [3.05, 3.63) is 18.4 Å². The third-order valence-electron chi connectivity index (χ3n) is 2.97. The number of piperazine rings is 1. The first-order chi connectivity index (χ1) is 6.77. The van der Waals surface area contributed by atoms with Crippen molar-refractivity contribution < 1.29 is 4.42 Å². The molecule has 0 spiro atoms. The highest BCUT2D eigenvalue weighted by Crippen LogP contribution is 2.19. The van der Waals surface area contributed by atoms with Crippen LogP contribution in [0.1, 0.15) is 18.7 Å². The zero-order chi connectivity index (χ0) is 9.97. The lowest BCUT2D eigenvalue weighted by molar-refractivity contribution is 0.117. The molecule has 0 aromatic carbocycles. The van der Waals surface area contributed by atoms with Crippen LogP contribution in [-0.2, 0) is 0 Å². The first-order valence-electron chi connectivity index (χ1n) is 5.08. The predicted octanol–water partition coefficient (Wildman–Crippen LogP) is 0.983. The summed E-state index contributed by atoms with van der Waals surface area (Å²) in [7, 11) is 2.16. The van der Waals surface area contributed by atoms with E-state index < -0.39 is 0 Å². The van der Waals surface area contributed by atoms with Crippen LogP contribution >= 0.6 is 0 Å². The van der Waals surface area contributed by atoms with E-state index in [9.17, 15) is 0 Å². The highest BCUT2D eigenvalue weighted by molar-refractivity contribution is 4.99. The van der Waals surface area contributed by atoms with Crippen LogP contribution in [0.3, 0.4) is 0 Å². The van der Waals surface area contributed by atoms with Gasteiger partial charge in [0.1, 0.15) is 6.26 Å². The van der Waals surface area contributed by atoms with Gasteiger partial charge in [0.2, 0.25) is 0 Å². The van der Waals surface area contributed by atoms with Gasteiger partial charge in [-0.05, 0) is 14.0 Å². The van der Waals surface area contributed by atoms with Gasteiger partial charge in [-0.2, -0.15) is 0 Å². The summed E-state index contributed by atoms with van der Waals surface area (Å²) in [4.78, 5) is 8.98. The molecule has 1 unspecified atom stereocenters. The van der Waals surface area contributed by atoms with Gasteiger partial charge in [0.15, 0.2) is 6.39 Å². The van der Waals surface area contributed by atoms with Crippen LogP contribution in [0.4, 0.5) is 0 Å². The van der Waals surface area contributed by atoms with Crippen LogP contribution in [0.25, 0.3) is 0 Å². The van der Waals surface area contributed by atoms with Crippen LogP contribution in [0.15, 0.2) is 17.1 Å². The Bertz CT molecular complexity index is 265. The summed E-state index contributed by atoms with van der Waals surface area (Å²) in [6.45, 7) is 6.70. The molecular formula is C10H17N3O. The van der Waals surface area contributed by atoms with Crippen LogP contribution < -0.4 is 0 Å². The van der Waals surface area contributed by atoms with Gasteiger partial charge in [0.25, 0.3) is 0 Å². The van der Waals surface area contributed by atoms with Crippen molar-refractivity contribution in [2.45, 2.75) is 13.0 Å². The number of oxazole rings is 1. The standard InChI is InChI=1S/C10H17N3O/c1-9(10-7-14-8-11-10)13-5-3-12(2)4-6-13/h7-9H,3-6H2,1-2H3. The van der Waals surface area contributed by atoms with E-state index >= 15 is 0 Å². The van der Waals surface area contributed by atoms with Crippen molar-refractivity contribution in [3.63, 3.8) is 0 Å². The van der Waals surface area contributed by atoms with E-state index in [1.165, 1.54) is 6.39 Å². The van der Waals surface area contributed by atoms with Gasteiger partial charge in [0, 0.05) is 26.2 Å². The van der Waals surface area contributed by atoms with E-state index in [4.69, 9.17) is 4.42 Å². The summed E-state index contributed by atoms with van der Waals surface area (Å²) in [5.41, 5.74) is 1.04. The molecule has 0 saturated carbocycles. The van der Waals surface area contributed by atoms with Crippen molar-refractivity contribution in [2.75, 3.05) is 33.2 Å². The maximum absolute atomic E-state index is 5.00. The summed E-state index contributed by atoms with van der Waals surface area (Å²) in [6.07, 6.45) is 3.24. The van der Waals surface area contributed by atoms with Crippen molar-refractivity contribution in [2.24, 2.45) is 0 Å². The molecule has 0 N–H and O–H groups in total. The van der Waals surface area contributed by atoms with Gasteiger partial charge >= 0.3 is 0 Å². The van der Waals surface area contributed by atoms with Gasteiger partial charge in [0.05, 0.1) is 11.7 Å². The molecule has 0 amide bonds. The van der Waals surface area contributed by atoms with Crippen molar-refractivity contribution >= 4 is 0 Å². The zero-order valence-corrected chi connectivity index (χ0v) is 8.81. The van der Waals surface area contributed by atoms with Gasteiger partial charge in [-0.25, -0.2) is 4.98 Å². The molecule has 14 heavy (non-hydrogen) atoms. The topological polar surface area (TPSA) is 32.5 Å². The lowest BCUT2D eigenvalue weighted by atomic mass is 10.2. The van der Waals surface area contributed by atoms with Crippen molar-refractivity contribution in [1.29, 1.82) is 0 Å². The Hall–Kier alpha value is -0.870. The molecule has 78 valence electrons. The molecule has 1 aliphatic rings. The quantitative estimate of drug-likeness (QED) is 0.704. The lowest BCUT2D eigenvalue weighted by Gasteiger charge is -2.35. The number of likely N-dealkylation sites (N-methyl/N-ethyl adjacent to an activating group) is 1. The molecule has 1 atom stereocenters. The minimum Gasteiger partial charge on any atom is -0.451 e. The molecule has 4 nitrogen and oxygen atoms in total. The summed E-state index contributed by atoms with van der Waals surface area (Å²) in [5.74, 6) is 0. The average molecular weight is 195 g/mol. The van der Waals surface area contributed by atoms with Crippen LogP contribution in [0, 0.1) is 0 Å². The SMILES string of the molecule is CC(c1cocn1)N1CCN(C)CC1. The van der Waals surface area contributed by atoms with E-state index in [0.717, 1.165) is 31.9 Å². The minimum atomic E-state index is 0.377. The summed E-state index contributed by atoms with van der Waals surface area (Å²) in [5, 5.41) is 0. The molecule has 2 heterocycles. The number of rotatable bonds is 2. The molecule has 4 heteroatoms. The maximum atomic E-state index is 5.00. The fourth-order valence-corrected chi connectivity index (χ4v) is 1.82. The fourth-order valence-electron chi connectivity index (χ4n) is 1.82. The minimum absolute atomic E-state index is 0.377. The molecule has 1 saturated heterocycles. The van der Waals surface area contributed by atoms with Crippen LogP contribution in [-0.4, -0.2) is 48.0 Å². The van der Waals surface area contributed by atoms with Gasteiger partial charge in [-0.1, -0.05) is 0 Å². The van der Waals surface area contributed by atoms with Crippen LogP contribution in [0.5, 0.6) is 0 Å². The monoisotopic (exact) mass is 195 g/mol. The molecule has 2 rings (SSSR count). The van der Waals surface area contributed by atoms with Crippen molar-refractivity contribution in [3.8, 4) is 0 Å². The van der Waals surface area contributed by atoms with E-state index in [-0.39, 0.29) is 0 Å². The third kappa shape index (κ3) is 1.96. The first-order valence-corrected chi connectivity index (χ1v) is 5.08. The molecule has 1 aliphatic heterocycles. The van der Waals surface area contributed by atoms with E-state index in [1.54, 1.807) is 6.26 Å². The maximum Gasteiger partial charge on any atom is 0.180 e. The van der Waals surface area contributed by atoms with E-state index in [1.807, 2.05) is 0 Å². The first kappa shape index (κ1) is 9.68. The Morgan fingerprint density at radius 2 is 2.07 bits per heavy atom. The molecule has 1 aromatic heterocycles. The number of aromatic nitrogens is 1. The highest BCUT2D eigenvalue weighted by atomic mass is 16.3. The normalized spacial score (nSPS) is 22.4. The van der Waals surface area contributed by atoms with Gasteiger partial charge < -0.3 is 9.32 Å². The number of hydrogen-bond acceptors (Lipinski definition) is 4. The average Bonchev–Trinajstić information content (AvgIpc) is 2.71. The summed E-state index contributed by atoms with van der Waals surface area (Å²) >= 11 is 0. The molecule has 1 fully saturated rings. The Kier molecular flexibility index (Phi) is 2.84. The number of nitrogens with zero attached hydrogens (tertiary/aromatic N) is 3. The van der Waals surface area contributed by atoms with Crippen LogP contribution in [0.2, 0.25) is 0 Å². The van der Waals surface area contributed by atoms with E-state index in [0.29, 0.717) is 6.04 Å². The molecule has 0 aliphatic carbocycles. The predicted molar refractivity (Wildman–Crippen MR) is 54.0 cm³/mol. The van der Waals surface area contributed by atoms with Crippen molar-refractivity contribution in [1.82, 2.24) is 14.8 Å². The molecule has 1 aromatic rings. The largest absolute Gasteiger partial charge is 0.451 e. The Morgan fingerprint density at radius 3 is 2.64 bits per heavy atom. The third-order valence-corrected chi connectivity index (χ3v) is 2.97. The highest BCUT2D eigenvalue weighted by Gasteiger charge is 2.21. The Labute approximate surface area is 84.5 Å². The van der Waals surface area contributed by atoms with Gasteiger partial charge in [-0.3, -0.25) is 4.90 Å². The Balaban J connectivity index is 1.95. The smallest absolute Gasteiger partial charge is 0.180 e.